The first-order valence-electron chi connectivity index (χ1n) is 10.00. The Bertz CT molecular complexity index is 728. The Balaban J connectivity index is 0.000000438. The lowest BCUT2D eigenvalue weighted by Crippen LogP contribution is -2.27. The van der Waals surface area contributed by atoms with E-state index in [1.807, 2.05) is 0 Å². The summed E-state index contributed by atoms with van der Waals surface area (Å²) in [5.41, 5.74) is 2.67. The highest BCUT2D eigenvalue weighted by molar-refractivity contribution is 6.27. The molecule has 0 bridgehead atoms. The summed E-state index contributed by atoms with van der Waals surface area (Å²) < 4.78 is 5.84. The van der Waals surface area contributed by atoms with Gasteiger partial charge >= 0.3 is 11.9 Å². The number of carboxylic acid groups (broad SMARTS) is 2. The van der Waals surface area contributed by atoms with E-state index in [0.717, 1.165) is 37.8 Å². The molecule has 6 heteroatoms. The van der Waals surface area contributed by atoms with Crippen molar-refractivity contribution in [3.8, 4) is 5.75 Å². The number of hydrogen-bond donors (Lipinski definition) is 3. The molecule has 1 aliphatic rings. The van der Waals surface area contributed by atoms with Crippen LogP contribution in [-0.4, -0.2) is 41.3 Å². The van der Waals surface area contributed by atoms with Crippen molar-refractivity contribution in [3.05, 3.63) is 65.7 Å². The van der Waals surface area contributed by atoms with Crippen LogP contribution in [0.4, 0.5) is 0 Å². The summed E-state index contributed by atoms with van der Waals surface area (Å²) >= 11 is 0. The first-order chi connectivity index (χ1) is 14.0. The molecule has 1 fully saturated rings. The van der Waals surface area contributed by atoms with Gasteiger partial charge in [-0.25, -0.2) is 9.59 Å². The highest BCUT2D eigenvalue weighted by Crippen LogP contribution is 2.18. The number of rotatable bonds is 8. The Labute approximate surface area is 171 Å². The largest absolute Gasteiger partial charge is 0.494 e. The van der Waals surface area contributed by atoms with E-state index in [-0.39, 0.29) is 0 Å². The van der Waals surface area contributed by atoms with E-state index in [1.165, 1.54) is 36.8 Å². The van der Waals surface area contributed by atoms with Crippen LogP contribution < -0.4 is 10.1 Å². The molecule has 0 unspecified atom stereocenters. The molecule has 156 valence electrons. The minimum atomic E-state index is -1.82. The second kappa shape index (κ2) is 12.6. The van der Waals surface area contributed by atoms with E-state index in [9.17, 15) is 0 Å². The van der Waals surface area contributed by atoms with Crippen LogP contribution in [0.5, 0.6) is 5.75 Å². The van der Waals surface area contributed by atoms with E-state index >= 15 is 0 Å². The smallest absolute Gasteiger partial charge is 0.414 e. The average Bonchev–Trinajstić information content (AvgIpc) is 3.24. The molecule has 3 rings (SSSR count). The molecule has 0 atom stereocenters. The molecule has 2 aromatic rings. The van der Waals surface area contributed by atoms with Crippen LogP contribution >= 0.6 is 0 Å². The molecule has 1 saturated carbocycles. The van der Waals surface area contributed by atoms with Gasteiger partial charge in [0.15, 0.2) is 0 Å². The third-order valence-electron chi connectivity index (χ3n) is 4.74. The maximum absolute atomic E-state index is 9.10. The lowest BCUT2D eigenvalue weighted by Gasteiger charge is -2.12. The molecule has 3 N–H and O–H groups in total. The van der Waals surface area contributed by atoms with Crippen molar-refractivity contribution in [2.75, 3.05) is 13.2 Å². The molecule has 0 amide bonds. The molecule has 6 nitrogen and oxygen atoms in total. The van der Waals surface area contributed by atoms with Crippen LogP contribution in [0.3, 0.4) is 0 Å². The number of carboxylic acids is 2. The minimum Gasteiger partial charge on any atom is -0.494 e. The highest BCUT2D eigenvalue weighted by Gasteiger charge is 2.13. The first-order valence-corrected chi connectivity index (χ1v) is 10.00. The molecular formula is C23H29NO5. The van der Waals surface area contributed by atoms with Crippen molar-refractivity contribution in [3.63, 3.8) is 0 Å². The quantitative estimate of drug-likeness (QED) is 0.462. The summed E-state index contributed by atoms with van der Waals surface area (Å²) in [6, 6.07) is 19.8. The Kier molecular flexibility index (Phi) is 9.72. The summed E-state index contributed by atoms with van der Waals surface area (Å²) in [5, 5.41) is 18.4. The van der Waals surface area contributed by atoms with E-state index in [2.05, 4.69) is 59.9 Å². The molecule has 0 heterocycles. The topological polar surface area (TPSA) is 95.9 Å². The number of nitrogens with one attached hydrogen (secondary N) is 1. The number of carbonyl (C=O) groups is 2. The fourth-order valence-corrected chi connectivity index (χ4v) is 3.23. The fourth-order valence-electron chi connectivity index (χ4n) is 3.23. The third-order valence-corrected chi connectivity index (χ3v) is 4.74. The molecular weight excluding hydrogens is 370 g/mol. The maximum Gasteiger partial charge on any atom is 0.414 e. The van der Waals surface area contributed by atoms with Crippen molar-refractivity contribution in [1.29, 1.82) is 0 Å². The van der Waals surface area contributed by atoms with Gasteiger partial charge in [-0.3, -0.25) is 0 Å². The van der Waals surface area contributed by atoms with Gasteiger partial charge in [-0.2, -0.15) is 0 Å². The minimum absolute atomic E-state index is 0.757. The van der Waals surface area contributed by atoms with Gasteiger partial charge in [-0.15, -0.1) is 0 Å². The van der Waals surface area contributed by atoms with E-state index in [0.29, 0.717) is 0 Å². The molecule has 0 radical (unpaired) electrons. The second-order valence-corrected chi connectivity index (χ2v) is 7.05. The molecule has 1 aliphatic carbocycles. The Morgan fingerprint density at radius 3 is 2.07 bits per heavy atom. The number of benzene rings is 2. The first kappa shape index (κ1) is 22.4. The van der Waals surface area contributed by atoms with Gasteiger partial charge in [-0.05, 0) is 55.5 Å². The van der Waals surface area contributed by atoms with Crippen molar-refractivity contribution < 1.29 is 24.5 Å². The van der Waals surface area contributed by atoms with E-state index < -0.39 is 11.9 Å². The monoisotopic (exact) mass is 399 g/mol. The predicted octanol–water partition coefficient (Wildman–Crippen LogP) is 3.73. The zero-order valence-electron chi connectivity index (χ0n) is 16.5. The van der Waals surface area contributed by atoms with Crippen molar-refractivity contribution >= 4 is 11.9 Å². The normalized spacial score (nSPS) is 13.4. The van der Waals surface area contributed by atoms with Gasteiger partial charge in [0.25, 0.3) is 0 Å². The van der Waals surface area contributed by atoms with Gasteiger partial charge in [0.05, 0.1) is 6.61 Å². The van der Waals surface area contributed by atoms with E-state index in [1.54, 1.807) is 0 Å². The molecule has 0 spiro atoms. The fraction of sp³-hybridized carbons (Fsp3) is 0.391. The van der Waals surface area contributed by atoms with Crippen molar-refractivity contribution in [2.24, 2.45) is 0 Å². The van der Waals surface area contributed by atoms with Crippen molar-refractivity contribution in [1.82, 2.24) is 5.32 Å². The predicted molar refractivity (Wildman–Crippen MR) is 111 cm³/mol. The SMILES string of the molecule is O=C(O)C(=O)O.c1ccc(Cc2ccc(OCCCNC3CCCC3)cc2)cc1. The molecule has 0 aromatic heterocycles. The number of hydrogen-bond acceptors (Lipinski definition) is 4. The molecule has 29 heavy (non-hydrogen) atoms. The summed E-state index contributed by atoms with van der Waals surface area (Å²) in [4.78, 5) is 18.2. The Morgan fingerprint density at radius 1 is 0.897 bits per heavy atom. The summed E-state index contributed by atoms with van der Waals surface area (Å²) in [6.07, 6.45) is 7.54. The Hall–Kier alpha value is -2.86. The van der Waals surface area contributed by atoms with Gasteiger partial charge in [-0.1, -0.05) is 55.3 Å². The number of aliphatic carboxylic acids is 2. The lowest BCUT2D eigenvalue weighted by molar-refractivity contribution is -0.159. The van der Waals surface area contributed by atoms with Crippen LogP contribution in [0.2, 0.25) is 0 Å². The van der Waals surface area contributed by atoms with E-state index in [4.69, 9.17) is 24.5 Å². The van der Waals surface area contributed by atoms with Crippen LogP contribution in [0.15, 0.2) is 54.6 Å². The van der Waals surface area contributed by atoms with Crippen molar-refractivity contribution in [2.45, 2.75) is 44.6 Å². The maximum atomic E-state index is 9.10. The summed E-state index contributed by atoms with van der Waals surface area (Å²) in [7, 11) is 0. The van der Waals surface area contributed by atoms with Crippen LogP contribution in [0.1, 0.15) is 43.2 Å². The second-order valence-electron chi connectivity index (χ2n) is 7.05. The van der Waals surface area contributed by atoms with Gasteiger partial charge < -0.3 is 20.3 Å². The van der Waals surface area contributed by atoms with Gasteiger partial charge in [0.2, 0.25) is 0 Å². The van der Waals surface area contributed by atoms with Crippen LogP contribution in [0.25, 0.3) is 0 Å². The zero-order valence-corrected chi connectivity index (χ0v) is 16.5. The third kappa shape index (κ3) is 9.25. The zero-order chi connectivity index (χ0) is 20.9. The summed E-state index contributed by atoms with van der Waals surface area (Å²) in [6.45, 7) is 1.86. The standard InChI is InChI=1S/C21H27NO.C2H2O4/c1-2-7-18(8-3-1)17-19-11-13-21(14-12-19)23-16-6-15-22-20-9-4-5-10-20;3-1(4)2(5)6/h1-3,7-8,11-14,20,22H,4-6,9-10,15-17H2;(H,3,4)(H,5,6). The average molecular weight is 399 g/mol. The lowest BCUT2D eigenvalue weighted by atomic mass is 10.1. The van der Waals surface area contributed by atoms with Crippen LogP contribution in [-0.2, 0) is 16.0 Å². The Morgan fingerprint density at radius 2 is 1.48 bits per heavy atom. The molecule has 0 saturated heterocycles. The highest BCUT2D eigenvalue weighted by atomic mass is 16.5. The molecule has 0 aliphatic heterocycles. The molecule has 2 aromatic carbocycles. The van der Waals surface area contributed by atoms with Gasteiger partial charge in [0.1, 0.15) is 5.75 Å². The van der Waals surface area contributed by atoms with Crippen LogP contribution in [0, 0.1) is 0 Å². The number of ether oxygens (including phenoxy) is 1. The van der Waals surface area contributed by atoms with Gasteiger partial charge in [0, 0.05) is 6.04 Å². The summed E-state index contributed by atoms with van der Waals surface area (Å²) in [5.74, 6) is -2.67.